The van der Waals surface area contributed by atoms with E-state index in [2.05, 4.69) is 79.3 Å². The van der Waals surface area contributed by atoms with E-state index in [9.17, 15) is 4.79 Å². The number of thioether (sulfide) groups is 2. The molecule has 1 atom stereocenters. The Kier molecular flexibility index (Phi) is 23.8. The summed E-state index contributed by atoms with van der Waals surface area (Å²) in [4.78, 5) is 12.2. The highest BCUT2D eigenvalue weighted by Gasteiger charge is 2.11. The van der Waals surface area contributed by atoms with Gasteiger partial charge < -0.3 is 4.74 Å². The first kappa shape index (κ1) is 36.8. The number of carbonyl (C=O) groups is 1. The van der Waals surface area contributed by atoms with Crippen molar-refractivity contribution in [1.29, 1.82) is 0 Å². The van der Waals surface area contributed by atoms with Gasteiger partial charge in [0.05, 0.1) is 6.61 Å². The van der Waals surface area contributed by atoms with Crippen molar-refractivity contribution < 1.29 is 9.53 Å². The van der Waals surface area contributed by atoms with E-state index in [4.69, 9.17) is 4.74 Å². The highest BCUT2D eigenvalue weighted by Crippen LogP contribution is 2.27. The number of esters is 1. The standard InChI is InChI=1S/C38H60O2S2/c1-2-3-4-5-6-7-8-9-10-11-12-13-14-23-31-40-38(39)29-22-21-28-37(42-34-36-26-19-16-20-27-36)30-32-41-33-35-24-17-15-18-25-35/h15-20,24-27,37H,2-14,21-23,28-34H2,1H3. The van der Waals surface area contributed by atoms with Gasteiger partial charge in [0.15, 0.2) is 0 Å². The first-order valence-electron chi connectivity index (χ1n) is 17.2. The van der Waals surface area contributed by atoms with Gasteiger partial charge in [-0.05, 0) is 42.6 Å². The first-order valence-corrected chi connectivity index (χ1v) is 19.4. The lowest BCUT2D eigenvalue weighted by Gasteiger charge is -2.17. The number of hydrogen-bond donors (Lipinski definition) is 0. The van der Waals surface area contributed by atoms with Crippen LogP contribution in [-0.2, 0) is 21.0 Å². The molecular formula is C38H60O2S2. The van der Waals surface area contributed by atoms with Gasteiger partial charge in [-0.1, -0.05) is 157 Å². The summed E-state index contributed by atoms with van der Waals surface area (Å²) in [5, 5.41) is 0.639. The van der Waals surface area contributed by atoms with Crippen LogP contribution in [-0.4, -0.2) is 23.6 Å². The van der Waals surface area contributed by atoms with Crippen LogP contribution < -0.4 is 0 Å². The Morgan fingerprint density at radius 3 is 1.71 bits per heavy atom. The lowest BCUT2D eigenvalue weighted by molar-refractivity contribution is -0.143. The molecule has 0 aliphatic rings. The maximum absolute atomic E-state index is 12.2. The van der Waals surface area contributed by atoms with Gasteiger partial charge in [-0.15, -0.1) is 0 Å². The molecule has 0 saturated carbocycles. The third kappa shape index (κ3) is 21.3. The molecule has 42 heavy (non-hydrogen) atoms. The predicted molar refractivity (Wildman–Crippen MR) is 188 cm³/mol. The molecule has 4 heteroatoms. The SMILES string of the molecule is CCCCCCCCCCCCCCCCOC(=O)CCCCC(CCSCc1ccccc1)SCc1ccccc1. The van der Waals surface area contributed by atoms with E-state index in [1.165, 1.54) is 113 Å². The molecule has 2 nitrogen and oxygen atoms in total. The minimum Gasteiger partial charge on any atom is -0.466 e. The van der Waals surface area contributed by atoms with Crippen molar-refractivity contribution in [2.75, 3.05) is 12.4 Å². The second-order valence-electron chi connectivity index (χ2n) is 11.8. The van der Waals surface area contributed by atoms with E-state index in [0.717, 1.165) is 30.8 Å². The van der Waals surface area contributed by atoms with Crippen LogP contribution in [0.3, 0.4) is 0 Å². The van der Waals surface area contributed by atoms with Gasteiger partial charge >= 0.3 is 5.97 Å². The largest absolute Gasteiger partial charge is 0.466 e. The van der Waals surface area contributed by atoms with E-state index >= 15 is 0 Å². The Labute approximate surface area is 267 Å². The molecular weight excluding hydrogens is 553 g/mol. The molecule has 0 aliphatic heterocycles. The fourth-order valence-corrected chi connectivity index (χ4v) is 7.69. The van der Waals surface area contributed by atoms with Gasteiger partial charge in [-0.2, -0.15) is 23.5 Å². The maximum Gasteiger partial charge on any atom is 0.305 e. The molecule has 0 spiro atoms. The van der Waals surface area contributed by atoms with Crippen molar-refractivity contribution in [3.63, 3.8) is 0 Å². The monoisotopic (exact) mass is 612 g/mol. The summed E-state index contributed by atoms with van der Waals surface area (Å²) in [6.45, 7) is 2.89. The third-order valence-corrected chi connectivity index (χ3v) is 10.4. The normalized spacial score (nSPS) is 11.9. The van der Waals surface area contributed by atoms with Crippen molar-refractivity contribution in [1.82, 2.24) is 0 Å². The van der Waals surface area contributed by atoms with E-state index in [-0.39, 0.29) is 5.97 Å². The Morgan fingerprint density at radius 2 is 1.14 bits per heavy atom. The second-order valence-corrected chi connectivity index (χ2v) is 14.2. The van der Waals surface area contributed by atoms with Crippen LogP contribution in [0.1, 0.15) is 140 Å². The molecule has 0 fully saturated rings. The molecule has 0 saturated heterocycles. The summed E-state index contributed by atoms with van der Waals surface area (Å²) in [5.41, 5.74) is 2.81. The number of unbranched alkanes of at least 4 members (excludes halogenated alkanes) is 14. The quantitative estimate of drug-likeness (QED) is 0.0705. The van der Waals surface area contributed by atoms with Crippen LogP contribution in [0.5, 0.6) is 0 Å². The predicted octanol–water partition coefficient (Wildman–Crippen LogP) is 12.2. The minimum absolute atomic E-state index is 0.00315. The molecule has 0 radical (unpaired) electrons. The number of ether oxygens (including phenoxy) is 1. The molecule has 1 unspecified atom stereocenters. The first-order chi connectivity index (χ1) is 20.8. The Bertz CT molecular complexity index is 858. The molecule has 0 aromatic heterocycles. The number of carbonyl (C=O) groups excluding carboxylic acids is 1. The summed E-state index contributed by atoms with van der Waals surface area (Å²) in [5.74, 6) is 3.33. The van der Waals surface area contributed by atoms with Crippen LogP contribution in [0.25, 0.3) is 0 Å². The molecule has 2 rings (SSSR count). The highest BCUT2D eigenvalue weighted by atomic mass is 32.2. The molecule has 0 bridgehead atoms. The van der Waals surface area contributed by atoms with E-state index in [1.807, 2.05) is 11.8 Å². The summed E-state index contributed by atoms with van der Waals surface area (Å²) in [7, 11) is 0. The van der Waals surface area contributed by atoms with E-state index in [0.29, 0.717) is 18.3 Å². The molecule has 0 aliphatic carbocycles. The number of benzene rings is 2. The maximum atomic E-state index is 12.2. The van der Waals surface area contributed by atoms with Crippen molar-refractivity contribution in [3.05, 3.63) is 71.8 Å². The molecule has 2 aromatic carbocycles. The number of hydrogen-bond acceptors (Lipinski definition) is 4. The molecule has 2 aromatic rings. The summed E-state index contributed by atoms with van der Waals surface area (Å²) >= 11 is 4.12. The summed E-state index contributed by atoms with van der Waals surface area (Å²) in [6.07, 6.45) is 23.9. The fraction of sp³-hybridized carbons (Fsp3) is 0.658. The minimum atomic E-state index is -0.00315. The Balaban J connectivity index is 1.45. The smallest absolute Gasteiger partial charge is 0.305 e. The van der Waals surface area contributed by atoms with Crippen molar-refractivity contribution >= 4 is 29.5 Å². The van der Waals surface area contributed by atoms with Gasteiger partial charge in [0.2, 0.25) is 0 Å². The van der Waals surface area contributed by atoms with Gasteiger partial charge in [-0.25, -0.2) is 0 Å². The Hall–Kier alpha value is -1.39. The molecule has 236 valence electrons. The lowest BCUT2D eigenvalue weighted by Crippen LogP contribution is -2.08. The molecule has 0 N–H and O–H groups in total. The van der Waals surface area contributed by atoms with Gasteiger partial charge in [0, 0.05) is 23.2 Å². The van der Waals surface area contributed by atoms with Crippen LogP contribution in [0.2, 0.25) is 0 Å². The summed E-state index contributed by atoms with van der Waals surface area (Å²) in [6, 6.07) is 21.6. The fourth-order valence-electron chi connectivity index (χ4n) is 5.27. The van der Waals surface area contributed by atoms with E-state index < -0.39 is 0 Å². The zero-order valence-corrected chi connectivity index (χ0v) is 28.4. The van der Waals surface area contributed by atoms with Crippen LogP contribution in [0.4, 0.5) is 0 Å². The van der Waals surface area contributed by atoms with Crippen molar-refractivity contribution in [2.45, 2.75) is 146 Å². The van der Waals surface area contributed by atoms with Gasteiger partial charge in [0.25, 0.3) is 0 Å². The average Bonchev–Trinajstić information content (AvgIpc) is 3.02. The summed E-state index contributed by atoms with van der Waals surface area (Å²) < 4.78 is 5.54. The highest BCUT2D eigenvalue weighted by molar-refractivity contribution is 7.99. The zero-order valence-electron chi connectivity index (χ0n) is 26.7. The topological polar surface area (TPSA) is 26.3 Å². The Morgan fingerprint density at radius 1 is 0.619 bits per heavy atom. The lowest BCUT2D eigenvalue weighted by atomic mass is 10.0. The van der Waals surface area contributed by atoms with Crippen LogP contribution >= 0.6 is 23.5 Å². The number of rotatable bonds is 28. The van der Waals surface area contributed by atoms with Gasteiger partial charge in [-0.3, -0.25) is 4.79 Å². The van der Waals surface area contributed by atoms with Crippen LogP contribution in [0, 0.1) is 0 Å². The second kappa shape index (κ2) is 27.2. The zero-order chi connectivity index (χ0) is 29.8. The van der Waals surface area contributed by atoms with E-state index in [1.54, 1.807) is 0 Å². The molecule has 0 amide bonds. The van der Waals surface area contributed by atoms with Crippen LogP contribution in [0.15, 0.2) is 60.7 Å². The van der Waals surface area contributed by atoms with Gasteiger partial charge in [0.1, 0.15) is 0 Å². The average molecular weight is 613 g/mol. The third-order valence-electron chi connectivity index (χ3n) is 7.94. The molecule has 0 heterocycles. The van der Waals surface area contributed by atoms with Crippen molar-refractivity contribution in [2.24, 2.45) is 0 Å². The van der Waals surface area contributed by atoms with Crippen molar-refractivity contribution in [3.8, 4) is 0 Å².